The normalized spacial score (nSPS) is 12.9. The van der Waals surface area contributed by atoms with E-state index in [1.807, 2.05) is 6.92 Å². The van der Waals surface area contributed by atoms with Gasteiger partial charge in [0.15, 0.2) is 0 Å². The van der Waals surface area contributed by atoms with Gasteiger partial charge in [-0.15, -0.1) is 0 Å². The monoisotopic (exact) mass is 151 g/mol. The Kier molecular flexibility index (Phi) is 2.44. The molecule has 0 radical (unpaired) electrons. The largest absolute Gasteiger partial charge is 0.348 e. The molecule has 1 aromatic heterocycles. The van der Waals surface area contributed by atoms with Gasteiger partial charge >= 0.3 is 0 Å². The van der Waals surface area contributed by atoms with E-state index in [0.29, 0.717) is 0 Å². The van der Waals surface area contributed by atoms with Crippen LogP contribution >= 0.6 is 0 Å². The minimum Gasteiger partial charge on any atom is -0.348 e. The molecule has 60 valence electrons. The fourth-order valence-corrected chi connectivity index (χ4v) is 0.807. The molecule has 3 N–H and O–H groups in total. The first-order valence-electron chi connectivity index (χ1n) is 3.58. The van der Waals surface area contributed by atoms with E-state index in [9.17, 15) is 0 Å². The van der Waals surface area contributed by atoms with Crippen LogP contribution in [0.4, 0.5) is 0 Å². The van der Waals surface area contributed by atoms with Crippen molar-refractivity contribution in [3.63, 3.8) is 0 Å². The van der Waals surface area contributed by atoms with Gasteiger partial charge in [0.2, 0.25) is 0 Å². The second-order valence-corrected chi connectivity index (χ2v) is 2.73. The Bertz CT molecular complexity index is 225. The Labute approximate surface area is 66.3 Å². The molecule has 11 heavy (non-hydrogen) atoms. The zero-order valence-corrected chi connectivity index (χ0v) is 6.67. The molecule has 3 nitrogen and oxygen atoms in total. The Morgan fingerprint density at radius 1 is 1.91 bits per heavy atom. The molecule has 0 aliphatic carbocycles. The number of imidazole rings is 1. The van der Waals surface area contributed by atoms with Crippen LogP contribution < -0.4 is 5.73 Å². The first-order valence-corrected chi connectivity index (χ1v) is 3.58. The lowest BCUT2D eigenvalue weighted by molar-refractivity contribution is 0.753. The lowest BCUT2D eigenvalue weighted by atomic mass is 10.1. The molecule has 0 spiro atoms. The van der Waals surface area contributed by atoms with Gasteiger partial charge in [0.25, 0.3) is 0 Å². The maximum Gasteiger partial charge on any atom is 0.0921 e. The number of hydrogen-bond donors (Lipinski definition) is 2. The van der Waals surface area contributed by atoms with Gasteiger partial charge in [-0.1, -0.05) is 12.2 Å². The van der Waals surface area contributed by atoms with Gasteiger partial charge in [-0.05, 0) is 6.92 Å². The van der Waals surface area contributed by atoms with E-state index >= 15 is 0 Å². The number of hydrogen-bond acceptors (Lipinski definition) is 2. The molecule has 1 aromatic rings. The molecule has 1 heterocycles. The fourth-order valence-electron chi connectivity index (χ4n) is 0.807. The predicted octanol–water partition coefficient (Wildman–Crippen LogP) is 0.856. The molecular formula is C8H13N3. The molecule has 0 aliphatic heterocycles. The van der Waals surface area contributed by atoms with Crippen molar-refractivity contribution in [1.29, 1.82) is 0 Å². The zero-order chi connectivity index (χ0) is 8.27. The molecule has 0 aliphatic rings. The second kappa shape index (κ2) is 3.34. The molecular weight excluding hydrogens is 138 g/mol. The molecule has 3 heteroatoms. The maximum atomic E-state index is 5.76. The number of aromatic nitrogens is 2. The van der Waals surface area contributed by atoms with Crippen LogP contribution in [0, 0.1) is 0 Å². The van der Waals surface area contributed by atoms with Crippen molar-refractivity contribution in [3.05, 3.63) is 30.4 Å². The third-order valence-corrected chi connectivity index (χ3v) is 1.63. The van der Waals surface area contributed by atoms with E-state index in [1.165, 1.54) is 0 Å². The highest BCUT2D eigenvalue weighted by molar-refractivity contribution is 5.07. The third-order valence-electron chi connectivity index (χ3n) is 1.63. The van der Waals surface area contributed by atoms with Crippen LogP contribution in [0.5, 0.6) is 0 Å². The Balaban J connectivity index is 2.50. The van der Waals surface area contributed by atoms with E-state index in [-0.39, 0.29) is 6.04 Å². The summed E-state index contributed by atoms with van der Waals surface area (Å²) >= 11 is 0. The van der Waals surface area contributed by atoms with Crippen LogP contribution in [0.3, 0.4) is 0 Å². The van der Waals surface area contributed by atoms with Crippen molar-refractivity contribution in [2.45, 2.75) is 19.4 Å². The summed E-state index contributed by atoms with van der Waals surface area (Å²) < 4.78 is 0. The van der Waals surface area contributed by atoms with E-state index in [1.54, 1.807) is 12.5 Å². The minimum absolute atomic E-state index is 0.0375. The molecule has 1 rings (SSSR count). The van der Waals surface area contributed by atoms with E-state index < -0.39 is 0 Å². The van der Waals surface area contributed by atoms with Crippen LogP contribution in [0.25, 0.3) is 0 Å². The van der Waals surface area contributed by atoms with E-state index in [0.717, 1.165) is 17.7 Å². The number of nitrogens with one attached hydrogen (secondary N) is 1. The van der Waals surface area contributed by atoms with Gasteiger partial charge in [-0.3, -0.25) is 0 Å². The smallest absolute Gasteiger partial charge is 0.0921 e. The quantitative estimate of drug-likeness (QED) is 0.629. The summed E-state index contributed by atoms with van der Waals surface area (Å²) in [5.74, 6) is 0. The zero-order valence-electron chi connectivity index (χ0n) is 6.67. The highest BCUT2D eigenvalue weighted by Crippen LogP contribution is 2.02. The van der Waals surface area contributed by atoms with Crippen molar-refractivity contribution in [1.82, 2.24) is 9.97 Å². The number of nitrogens with two attached hydrogens (primary N) is 1. The van der Waals surface area contributed by atoms with Crippen LogP contribution in [0.2, 0.25) is 0 Å². The lowest BCUT2D eigenvalue weighted by Crippen LogP contribution is -2.23. The van der Waals surface area contributed by atoms with Crippen molar-refractivity contribution < 1.29 is 0 Å². The predicted molar refractivity (Wildman–Crippen MR) is 45.1 cm³/mol. The first-order chi connectivity index (χ1) is 5.20. The number of rotatable bonds is 3. The minimum atomic E-state index is 0.0375. The molecule has 0 aromatic carbocycles. The summed E-state index contributed by atoms with van der Waals surface area (Å²) in [6.45, 7) is 5.71. The summed E-state index contributed by atoms with van der Waals surface area (Å²) in [7, 11) is 0. The van der Waals surface area contributed by atoms with E-state index in [2.05, 4.69) is 16.5 Å². The Morgan fingerprint density at radius 3 is 3.09 bits per heavy atom. The summed E-state index contributed by atoms with van der Waals surface area (Å²) in [4.78, 5) is 6.88. The fraction of sp³-hybridized carbons (Fsp3) is 0.375. The number of H-pyrrole nitrogens is 1. The van der Waals surface area contributed by atoms with Crippen molar-refractivity contribution in [2.24, 2.45) is 5.73 Å². The SMILES string of the molecule is C=C(C)C(N)Cc1cnc[nH]1. The average molecular weight is 151 g/mol. The van der Waals surface area contributed by atoms with Gasteiger partial charge in [0.05, 0.1) is 6.33 Å². The van der Waals surface area contributed by atoms with E-state index in [4.69, 9.17) is 5.73 Å². The van der Waals surface area contributed by atoms with Crippen molar-refractivity contribution >= 4 is 0 Å². The van der Waals surface area contributed by atoms with Gasteiger partial charge in [0.1, 0.15) is 0 Å². The summed E-state index contributed by atoms with van der Waals surface area (Å²) in [6, 6.07) is 0.0375. The average Bonchev–Trinajstić information content (AvgIpc) is 2.39. The molecule has 1 unspecified atom stereocenters. The molecule has 0 bridgehead atoms. The molecule has 0 fully saturated rings. The molecule has 1 atom stereocenters. The third kappa shape index (κ3) is 2.20. The summed E-state index contributed by atoms with van der Waals surface area (Å²) in [6.07, 6.45) is 4.22. The highest BCUT2D eigenvalue weighted by Gasteiger charge is 2.04. The van der Waals surface area contributed by atoms with Crippen molar-refractivity contribution in [2.75, 3.05) is 0 Å². The molecule has 0 saturated carbocycles. The van der Waals surface area contributed by atoms with Gasteiger partial charge in [-0.25, -0.2) is 4.98 Å². The highest BCUT2D eigenvalue weighted by atomic mass is 14.9. The van der Waals surface area contributed by atoms with Crippen LogP contribution in [0.15, 0.2) is 24.7 Å². The van der Waals surface area contributed by atoms with Crippen molar-refractivity contribution in [3.8, 4) is 0 Å². The Hall–Kier alpha value is -1.09. The number of nitrogens with zero attached hydrogens (tertiary/aromatic N) is 1. The lowest BCUT2D eigenvalue weighted by Gasteiger charge is -2.08. The standard InChI is InChI=1S/C8H13N3/c1-6(2)8(9)3-7-4-10-5-11-7/h4-5,8H,1,3,9H2,2H3,(H,10,11). The summed E-state index contributed by atoms with van der Waals surface area (Å²) in [5.41, 5.74) is 7.82. The second-order valence-electron chi connectivity index (χ2n) is 2.73. The Morgan fingerprint density at radius 2 is 2.64 bits per heavy atom. The van der Waals surface area contributed by atoms with Gasteiger partial charge in [0, 0.05) is 24.4 Å². The molecule has 0 amide bonds. The van der Waals surface area contributed by atoms with Crippen LogP contribution in [-0.2, 0) is 6.42 Å². The molecule has 0 saturated heterocycles. The topological polar surface area (TPSA) is 54.7 Å². The maximum absolute atomic E-state index is 5.76. The van der Waals surface area contributed by atoms with Crippen LogP contribution in [0.1, 0.15) is 12.6 Å². The first kappa shape index (κ1) is 8.01. The van der Waals surface area contributed by atoms with Gasteiger partial charge < -0.3 is 10.7 Å². The number of aromatic amines is 1. The summed E-state index contributed by atoms with van der Waals surface area (Å²) in [5, 5.41) is 0. The van der Waals surface area contributed by atoms with Gasteiger partial charge in [-0.2, -0.15) is 0 Å². The van der Waals surface area contributed by atoms with Crippen LogP contribution in [-0.4, -0.2) is 16.0 Å².